The van der Waals surface area contributed by atoms with E-state index < -0.39 is 11.9 Å². The summed E-state index contributed by atoms with van der Waals surface area (Å²) in [5.74, 6) is 0.0912. The predicted molar refractivity (Wildman–Crippen MR) is 120 cm³/mol. The Labute approximate surface area is 176 Å². The molecule has 0 fully saturated rings. The molecule has 4 nitrogen and oxygen atoms in total. The number of ether oxygens (including phenoxy) is 2. The minimum atomic E-state index is -0.445. The Bertz CT molecular complexity index is 1170. The average molecular weight is 400 g/mol. The topological polar surface area (TPSA) is 52.6 Å². The largest absolute Gasteiger partial charge is 0.423 e. The first-order valence-electron chi connectivity index (χ1n) is 9.70. The van der Waals surface area contributed by atoms with Gasteiger partial charge in [0.05, 0.1) is 0 Å². The molecule has 3 aromatic rings. The number of carbonyl (C=O) groups is 2. The fraction of sp³-hybridized carbons (Fsp3) is 0.154. The molecule has 0 saturated heterocycles. The second kappa shape index (κ2) is 8.78. The van der Waals surface area contributed by atoms with Crippen LogP contribution in [0.2, 0.25) is 0 Å². The van der Waals surface area contributed by atoms with Gasteiger partial charge >= 0.3 is 11.9 Å². The van der Waals surface area contributed by atoms with Crippen molar-refractivity contribution in [2.24, 2.45) is 0 Å². The standard InChI is InChI=1S/C26H24O4/c1-6-18-11-22(15-24(12-18)30-26(28)17(4)5)20-7-8-21-14-23(10-9-19(21)13-20)29-25(27)16(2)3/h7-15H,2,4,6H2,1,3,5H3. The highest BCUT2D eigenvalue weighted by atomic mass is 16.5. The van der Waals surface area contributed by atoms with Crippen LogP contribution in [-0.2, 0) is 16.0 Å². The number of rotatable bonds is 6. The van der Waals surface area contributed by atoms with Crippen molar-refractivity contribution >= 4 is 22.7 Å². The van der Waals surface area contributed by atoms with Crippen LogP contribution >= 0.6 is 0 Å². The lowest BCUT2D eigenvalue weighted by Crippen LogP contribution is -2.08. The smallest absolute Gasteiger partial charge is 0.338 e. The Morgan fingerprint density at radius 1 is 0.733 bits per heavy atom. The van der Waals surface area contributed by atoms with Crippen LogP contribution < -0.4 is 9.47 Å². The zero-order chi connectivity index (χ0) is 21.8. The van der Waals surface area contributed by atoms with Gasteiger partial charge < -0.3 is 9.47 Å². The minimum absolute atomic E-state index is 0.351. The fourth-order valence-electron chi connectivity index (χ4n) is 2.95. The van der Waals surface area contributed by atoms with Gasteiger partial charge in [0.25, 0.3) is 0 Å². The summed E-state index contributed by atoms with van der Waals surface area (Å²) in [5.41, 5.74) is 3.73. The summed E-state index contributed by atoms with van der Waals surface area (Å²) in [4.78, 5) is 23.7. The molecule has 0 amide bonds. The Morgan fingerprint density at radius 3 is 1.97 bits per heavy atom. The zero-order valence-corrected chi connectivity index (χ0v) is 17.5. The fourth-order valence-corrected chi connectivity index (χ4v) is 2.95. The molecule has 3 aromatic carbocycles. The predicted octanol–water partition coefficient (Wildman–Crippen LogP) is 6.03. The minimum Gasteiger partial charge on any atom is -0.423 e. The third kappa shape index (κ3) is 4.84. The molecule has 0 saturated carbocycles. The van der Waals surface area contributed by atoms with Gasteiger partial charge in [0, 0.05) is 11.1 Å². The lowest BCUT2D eigenvalue weighted by molar-refractivity contribution is -0.130. The maximum Gasteiger partial charge on any atom is 0.338 e. The van der Waals surface area contributed by atoms with Crippen LogP contribution in [0.5, 0.6) is 11.5 Å². The van der Waals surface area contributed by atoms with Crippen molar-refractivity contribution in [2.75, 3.05) is 0 Å². The van der Waals surface area contributed by atoms with Gasteiger partial charge in [0.2, 0.25) is 0 Å². The SMILES string of the molecule is C=C(C)C(=O)Oc1cc(CC)cc(-c2ccc3cc(OC(=O)C(=C)C)ccc3c2)c1. The second-order valence-corrected chi connectivity index (χ2v) is 7.28. The van der Waals surface area contributed by atoms with Crippen molar-refractivity contribution in [1.29, 1.82) is 0 Å². The summed E-state index contributed by atoms with van der Waals surface area (Å²) in [7, 11) is 0. The van der Waals surface area contributed by atoms with Crippen LogP contribution in [0, 0.1) is 0 Å². The van der Waals surface area contributed by atoms with E-state index >= 15 is 0 Å². The van der Waals surface area contributed by atoms with Crippen LogP contribution in [0.1, 0.15) is 26.3 Å². The maximum absolute atomic E-state index is 11.9. The van der Waals surface area contributed by atoms with Crippen LogP contribution in [0.4, 0.5) is 0 Å². The lowest BCUT2D eigenvalue weighted by Gasteiger charge is -2.11. The molecule has 0 aliphatic heterocycles. The molecule has 3 rings (SSSR count). The van der Waals surface area contributed by atoms with Crippen molar-refractivity contribution < 1.29 is 19.1 Å². The van der Waals surface area contributed by atoms with Crippen molar-refractivity contribution in [2.45, 2.75) is 27.2 Å². The first-order chi connectivity index (χ1) is 14.3. The molecule has 0 bridgehead atoms. The molecule has 4 heteroatoms. The molecule has 0 N–H and O–H groups in total. The number of aryl methyl sites for hydroxylation is 1. The molecular weight excluding hydrogens is 376 g/mol. The molecule has 0 radical (unpaired) electrons. The van der Waals surface area contributed by atoms with Crippen LogP contribution in [0.3, 0.4) is 0 Å². The molecule has 0 aliphatic carbocycles. The Morgan fingerprint density at radius 2 is 1.33 bits per heavy atom. The number of esters is 2. The van der Waals surface area contributed by atoms with E-state index in [0.717, 1.165) is 33.9 Å². The van der Waals surface area contributed by atoms with Gasteiger partial charge in [0.1, 0.15) is 11.5 Å². The first-order valence-corrected chi connectivity index (χ1v) is 9.70. The van der Waals surface area contributed by atoms with Gasteiger partial charge in [-0.05, 0) is 78.1 Å². The summed E-state index contributed by atoms with van der Waals surface area (Å²) in [6.45, 7) is 12.5. The van der Waals surface area contributed by atoms with Crippen molar-refractivity contribution in [3.63, 3.8) is 0 Å². The highest BCUT2D eigenvalue weighted by Gasteiger charge is 2.10. The maximum atomic E-state index is 11.9. The van der Waals surface area contributed by atoms with E-state index in [9.17, 15) is 9.59 Å². The molecule has 152 valence electrons. The third-order valence-electron chi connectivity index (χ3n) is 4.64. The number of carbonyl (C=O) groups excluding carboxylic acids is 2. The Kier molecular flexibility index (Phi) is 6.17. The van der Waals surface area contributed by atoms with Gasteiger partial charge in [-0.25, -0.2) is 9.59 Å². The van der Waals surface area contributed by atoms with E-state index in [1.54, 1.807) is 19.9 Å². The van der Waals surface area contributed by atoms with E-state index in [1.165, 1.54) is 0 Å². The molecule has 0 atom stereocenters. The molecule has 0 unspecified atom stereocenters. The summed E-state index contributed by atoms with van der Waals surface area (Å²) >= 11 is 0. The van der Waals surface area contributed by atoms with Crippen LogP contribution in [0.25, 0.3) is 21.9 Å². The zero-order valence-electron chi connectivity index (χ0n) is 17.5. The molecule has 0 heterocycles. The summed E-state index contributed by atoms with van der Waals surface area (Å²) in [5, 5.41) is 1.95. The second-order valence-electron chi connectivity index (χ2n) is 7.28. The van der Waals surface area contributed by atoms with Crippen molar-refractivity contribution in [1.82, 2.24) is 0 Å². The number of hydrogen-bond donors (Lipinski definition) is 0. The van der Waals surface area contributed by atoms with E-state index in [0.29, 0.717) is 22.6 Å². The molecule has 30 heavy (non-hydrogen) atoms. The molecule has 0 spiro atoms. The highest BCUT2D eigenvalue weighted by Crippen LogP contribution is 2.31. The number of fused-ring (bicyclic) bond motifs is 1. The first kappa shape index (κ1) is 21.1. The van der Waals surface area contributed by atoms with Crippen molar-refractivity contribution in [3.8, 4) is 22.6 Å². The van der Waals surface area contributed by atoms with E-state index in [2.05, 4.69) is 32.2 Å². The quantitative estimate of drug-likeness (QED) is 0.288. The Balaban J connectivity index is 1.96. The lowest BCUT2D eigenvalue weighted by atomic mass is 9.98. The monoisotopic (exact) mass is 400 g/mol. The van der Waals surface area contributed by atoms with Crippen LogP contribution in [0.15, 0.2) is 78.9 Å². The Hall–Kier alpha value is -3.66. The van der Waals surface area contributed by atoms with E-state index in [1.807, 2.05) is 36.4 Å². The van der Waals surface area contributed by atoms with E-state index in [-0.39, 0.29) is 0 Å². The van der Waals surface area contributed by atoms with Gasteiger partial charge in [0.15, 0.2) is 0 Å². The normalized spacial score (nSPS) is 10.5. The highest BCUT2D eigenvalue weighted by molar-refractivity contribution is 5.92. The van der Waals surface area contributed by atoms with Crippen LogP contribution in [-0.4, -0.2) is 11.9 Å². The summed E-state index contributed by atoms with van der Waals surface area (Å²) in [6.07, 6.45) is 0.816. The van der Waals surface area contributed by atoms with Gasteiger partial charge in [-0.15, -0.1) is 0 Å². The molecule has 0 aliphatic rings. The summed E-state index contributed by atoms with van der Waals surface area (Å²) in [6, 6.07) is 17.3. The number of benzene rings is 3. The van der Waals surface area contributed by atoms with Gasteiger partial charge in [-0.1, -0.05) is 44.3 Å². The van der Waals surface area contributed by atoms with Gasteiger partial charge in [-0.2, -0.15) is 0 Å². The van der Waals surface area contributed by atoms with Gasteiger partial charge in [-0.3, -0.25) is 0 Å². The average Bonchev–Trinajstić information content (AvgIpc) is 2.72. The van der Waals surface area contributed by atoms with E-state index in [4.69, 9.17) is 9.47 Å². The molecule has 0 aromatic heterocycles. The third-order valence-corrected chi connectivity index (χ3v) is 4.64. The van der Waals surface area contributed by atoms with Crippen molar-refractivity contribution in [3.05, 3.63) is 84.5 Å². The molecular formula is C26H24O4. The summed E-state index contributed by atoms with van der Waals surface area (Å²) < 4.78 is 10.8. The number of hydrogen-bond acceptors (Lipinski definition) is 4.